The number of halogens is 2. The Morgan fingerprint density at radius 3 is 2.19 bits per heavy atom. The zero-order valence-electron chi connectivity index (χ0n) is 8.29. The van der Waals surface area contributed by atoms with Crippen molar-refractivity contribution in [1.82, 2.24) is 0 Å². The Balaban J connectivity index is 3.14. The quantitative estimate of drug-likeness (QED) is 0.630. The zero-order valence-corrected chi connectivity index (χ0v) is 8.29. The maximum absolute atomic E-state index is 13.3. The molecule has 1 aromatic rings. The molecular formula is C10H8F2O4. The van der Waals surface area contributed by atoms with Crippen LogP contribution in [0.4, 0.5) is 8.78 Å². The molecule has 0 amide bonds. The molecule has 1 rings (SSSR count). The minimum absolute atomic E-state index is 0.0816. The third kappa shape index (κ3) is 2.53. The van der Waals surface area contributed by atoms with Crippen molar-refractivity contribution < 1.29 is 28.2 Å². The van der Waals surface area contributed by atoms with E-state index in [1.807, 2.05) is 0 Å². The topological polar surface area (TPSA) is 63.6 Å². The highest BCUT2D eigenvalue weighted by Crippen LogP contribution is 2.21. The number of benzene rings is 1. The van der Waals surface area contributed by atoms with Gasteiger partial charge in [0.25, 0.3) is 0 Å². The van der Waals surface area contributed by atoms with Gasteiger partial charge in [0.15, 0.2) is 5.78 Å². The van der Waals surface area contributed by atoms with E-state index in [2.05, 4.69) is 4.74 Å². The molecule has 0 aromatic heterocycles. The van der Waals surface area contributed by atoms with Crippen LogP contribution < -0.4 is 4.74 Å². The fourth-order valence-electron chi connectivity index (χ4n) is 1.16. The van der Waals surface area contributed by atoms with Gasteiger partial charge in [-0.25, -0.2) is 8.78 Å². The molecular weight excluding hydrogens is 222 g/mol. The predicted molar refractivity (Wildman–Crippen MR) is 49.5 cm³/mol. The van der Waals surface area contributed by atoms with Crippen molar-refractivity contribution in [3.05, 3.63) is 29.3 Å². The standard InChI is InChI=1S/C10H8F2O4/c1-16-5-2-6(11)10(7(12)3-5)8(13)4-9(14)15/h2-3H,4H2,1H3,(H,14,15). The minimum atomic E-state index is -1.44. The van der Waals surface area contributed by atoms with Crippen molar-refractivity contribution in [2.75, 3.05) is 7.11 Å². The average Bonchev–Trinajstić information content (AvgIpc) is 2.15. The summed E-state index contributed by atoms with van der Waals surface area (Å²) in [6.45, 7) is 0. The SMILES string of the molecule is COc1cc(F)c(C(=O)CC(=O)O)c(F)c1. The van der Waals surface area contributed by atoms with E-state index in [1.165, 1.54) is 7.11 Å². The fraction of sp³-hybridized carbons (Fsp3) is 0.200. The minimum Gasteiger partial charge on any atom is -0.497 e. The summed E-state index contributed by atoms with van der Waals surface area (Å²) in [7, 11) is 1.22. The van der Waals surface area contributed by atoms with Crippen molar-refractivity contribution >= 4 is 11.8 Å². The third-order valence-corrected chi connectivity index (χ3v) is 1.84. The molecule has 0 unspecified atom stereocenters. The number of carboxylic acid groups (broad SMARTS) is 1. The van der Waals surface area contributed by atoms with Gasteiger partial charge in [-0.3, -0.25) is 9.59 Å². The van der Waals surface area contributed by atoms with Gasteiger partial charge in [-0.15, -0.1) is 0 Å². The lowest BCUT2D eigenvalue weighted by atomic mass is 10.1. The maximum Gasteiger partial charge on any atom is 0.311 e. The maximum atomic E-state index is 13.3. The van der Waals surface area contributed by atoms with Crippen LogP contribution in [0.1, 0.15) is 16.8 Å². The normalized spacial score (nSPS) is 9.94. The lowest BCUT2D eigenvalue weighted by Gasteiger charge is -2.05. The van der Waals surface area contributed by atoms with Crippen LogP contribution in [0.5, 0.6) is 5.75 Å². The zero-order chi connectivity index (χ0) is 12.3. The summed E-state index contributed by atoms with van der Waals surface area (Å²) < 4.78 is 31.1. The second-order valence-electron chi connectivity index (χ2n) is 2.96. The number of Topliss-reactive ketones (excluding diaryl/α,β-unsaturated/α-hetero) is 1. The predicted octanol–water partition coefficient (Wildman–Crippen LogP) is 1.63. The molecule has 0 aliphatic heterocycles. The molecule has 86 valence electrons. The number of carbonyl (C=O) groups is 2. The van der Waals surface area contributed by atoms with E-state index in [0.717, 1.165) is 12.1 Å². The Labute approximate surface area is 89.5 Å². The van der Waals surface area contributed by atoms with Crippen LogP contribution in [0, 0.1) is 11.6 Å². The summed E-state index contributed by atoms with van der Waals surface area (Å²) in [6.07, 6.45) is -0.958. The number of ether oxygens (including phenoxy) is 1. The smallest absolute Gasteiger partial charge is 0.311 e. The molecule has 1 aromatic carbocycles. The van der Waals surface area contributed by atoms with E-state index >= 15 is 0 Å². The first-order chi connectivity index (χ1) is 7.45. The number of carbonyl (C=O) groups excluding carboxylic acids is 1. The van der Waals surface area contributed by atoms with E-state index < -0.39 is 35.4 Å². The number of hydrogen-bond acceptors (Lipinski definition) is 3. The first-order valence-electron chi connectivity index (χ1n) is 4.23. The van der Waals surface area contributed by atoms with Gasteiger partial charge in [0.1, 0.15) is 23.8 Å². The molecule has 0 aliphatic carbocycles. The summed E-state index contributed by atoms with van der Waals surface area (Å²) in [5, 5.41) is 8.34. The monoisotopic (exact) mass is 230 g/mol. The molecule has 1 N–H and O–H groups in total. The van der Waals surface area contributed by atoms with Gasteiger partial charge in [-0.2, -0.15) is 0 Å². The van der Waals surface area contributed by atoms with Crippen molar-refractivity contribution in [3.63, 3.8) is 0 Å². The highest BCUT2D eigenvalue weighted by Gasteiger charge is 2.20. The van der Waals surface area contributed by atoms with Crippen molar-refractivity contribution in [3.8, 4) is 5.75 Å². The van der Waals surface area contributed by atoms with Gasteiger partial charge in [0.2, 0.25) is 0 Å². The number of methoxy groups -OCH3 is 1. The summed E-state index contributed by atoms with van der Waals surface area (Å²) >= 11 is 0. The lowest BCUT2D eigenvalue weighted by Crippen LogP contribution is -2.11. The van der Waals surface area contributed by atoms with Gasteiger partial charge >= 0.3 is 5.97 Å². The molecule has 0 spiro atoms. The van der Waals surface area contributed by atoms with Gasteiger partial charge in [0.05, 0.1) is 12.7 Å². The molecule has 0 atom stereocenters. The Kier molecular flexibility index (Phi) is 3.55. The first-order valence-corrected chi connectivity index (χ1v) is 4.23. The molecule has 0 saturated heterocycles. The summed E-state index contributed by atoms with van der Waals surface area (Å²) in [4.78, 5) is 21.4. The van der Waals surface area contributed by atoms with Crippen molar-refractivity contribution in [1.29, 1.82) is 0 Å². The Morgan fingerprint density at radius 2 is 1.81 bits per heavy atom. The molecule has 0 fully saturated rings. The van der Waals surface area contributed by atoms with Crippen LogP contribution >= 0.6 is 0 Å². The number of aliphatic carboxylic acids is 1. The van der Waals surface area contributed by atoms with E-state index in [-0.39, 0.29) is 5.75 Å². The van der Waals surface area contributed by atoms with Gasteiger partial charge in [0, 0.05) is 12.1 Å². The second-order valence-corrected chi connectivity index (χ2v) is 2.96. The van der Waals surface area contributed by atoms with E-state index in [9.17, 15) is 18.4 Å². The van der Waals surface area contributed by atoms with E-state index in [0.29, 0.717) is 0 Å². The Morgan fingerprint density at radius 1 is 1.31 bits per heavy atom. The molecule has 4 nitrogen and oxygen atoms in total. The van der Waals surface area contributed by atoms with Crippen LogP contribution in [0.3, 0.4) is 0 Å². The van der Waals surface area contributed by atoms with Gasteiger partial charge in [-0.1, -0.05) is 0 Å². The average molecular weight is 230 g/mol. The molecule has 0 aliphatic rings. The van der Waals surface area contributed by atoms with Crippen LogP contribution in [-0.4, -0.2) is 24.0 Å². The number of carboxylic acids is 1. The second kappa shape index (κ2) is 4.69. The molecule has 0 radical (unpaired) electrons. The van der Waals surface area contributed by atoms with Crippen LogP contribution in [0.25, 0.3) is 0 Å². The molecule has 0 saturated carbocycles. The molecule has 16 heavy (non-hydrogen) atoms. The summed E-state index contributed by atoms with van der Waals surface area (Å²) in [5.41, 5.74) is -0.858. The largest absolute Gasteiger partial charge is 0.497 e. The Bertz CT molecular complexity index is 419. The van der Waals surface area contributed by atoms with Gasteiger partial charge < -0.3 is 9.84 Å². The van der Waals surface area contributed by atoms with E-state index in [1.54, 1.807) is 0 Å². The van der Waals surface area contributed by atoms with Gasteiger partial charge in [-0.05, 0) is 0 Å². The summed E-state index contributed by atoms with van der Waals surface area (Å²) in [5.74, 6) is -4.92. The third-order valence-electron chi connectivity index (χ3n) is 1.84. The number of rotatable bonds is 4. The highest BCUT2D eigenvalue weighted by molar-refractivity contribution is 6.05. The number of hydrogen-bond donors (Lipinski definition) is 1. The van der Waals surface area contributed by atoms with Crippen LogP contribution in [0.2, 0.25) is 0 Å². The number of ketones is 1. The highest BCUT2D eigenvalue weighted by atomic mass is 19.1. The van der Waals surface area contributed by atoms with Crippen molar-refractivity contribution in [2.45, 2.75) is 6.42 Å². The molecule has 0 bridgehead atoms. The van der Waals surface area contributed by atoms with Crippen LogP contribution in [-0.2, 0) is 4.79 Å². The summed E-state index contributed by atoms with van der Waals surface area (Å²) in [6, 6.07) is 1.64. The first kappa shape index (κ1) is 12.1. The fourth-order valence-corrected chi connectivity index (χ4v) is 1.16. The molecule has 0 heterocycles. The molecule has 6 heteroatoms. The van der Waals surface area contributed by atoms with E-state index in [4.69, 9.17) is 5.11 Å². The van der Waals surface area contributed by atoms with Crippen LogP contribution in [0.15, 0.2) is 12.1 Å². The lowest BCUT2D eigenvalue weighted by molar-refractivity contribution is -0.135. The van der Waals surface area contributed by atoms with Crippen molar-refractivity contribution in [2.24, 2.45) is 0 Å². The Hall–Kier alpha value is -1.98.